The molecule has 114 valence electrons. The van der Waals surface area contributed by atoms with E-state index >= 15 is 0 Å². The average Bonchev–Trinajstić information content (AvgIpc) is 2.71. The smallest absolute Gasteiger partial charge is 0.410 e. The normalized spacial score (nSPS) is 26.9. The Morgan fingerprint density at radius 1 is 1.20 bits per heavy atom. The van der Waals surface area contributed by atoms with E-state index in [4.69, 9.17) is 9.84 Å². The molecule has 7 heteroatoms. The van der Waals surface area contributed by atoms with Crippen LogP contribution in [0.1, 0.15) is 27.2 Å². The highest BCUT2D eigenvalue weighted by molar-refractivity contribution is 5.69. The Morgan fingerprint density at radius 2 is 1.85 bits per heavy atom. The summed E-state index contributed by atoms with van der Waals surface area (Å²) < 4.78 is 5.36. The lowest BCUT2D eigenvalue weighted by Gasteiger charge is -2.40. The molecule has 0 saturated carbocycles. The van der Waals surface area contributed by atoms with Crippen molar-refractivity contribution in [2.75, 3.05) is 32.7 Å². The van der Waals surface area contributed by atoms with E-state index in [1.54, 1.807) is 4.90 Å². The fraction of sp³-hybridized carbons (Fsp3) is 0.846. The average molecular weight is 285 g/mol. The van der Waals surface area contributed by atoms with Gasteiger partial charge in [0.05, 0.1) is 5.54 Å². The van der Waals surface area contributed by atoms with Gasteiger partial charge in [0.25, 0.3) is 0 Å². The summed E-state index contributed by atoms with van der Waals surface area (Å²) in [4.78, 5) is 26.2. The molecular formula is C13H23N3O4. The summed E-state index contributed by atoms with van der Waals surface area (Å²) in [5, 5.41) is 12.5. The number of likely N-dealkylation sites (tertiary alicyclic amines) is 1. The molecule has 1 spiro atoms. The molecule has 2 heterocycles. The predicted octanol–water partition coefficient (Wildman–Crippen LogP) is 0.949. The first kappa shape index (κ1) is 14.9. The van der Waals surface area contributed by atoms with Crippen LogP contribution in [0, 0.1) is 0 Å². The molecule has 0 aromatic heterocycles. The first-order valence-corrected chi connectivity index (χ1v) is 6.92. The number of hydrogen-bond donors (Lipinski definition) is 2. The van der Waals surface area contributed by atoms with Crippen LogP contribution in [0.15, 0.2) is 0 Å². The van der Waals surface area contributed by atoms with Crippen molar-refractivity contribution in [2.45, 2.75) is 38.3 Å². The highest BCUT2D eigenvalue weighted by Gasteiger charge is 2.44. The van der Waals surface area contributed by atoms with Gasteiger partial charge >= 0.3 is 12.2 Å². The van der Waals surface area contributed by atoms with Gasteiger partial charge in [-0.2, -0.15) is 0 Å². The molecule has 2 saturated heterocycles. The van der Waals surface area contributed by atoms with Gasteiger partial charge in [0, 0.05) is 32.7 Å². The molecule has 1 atom stereocenters. The zero-order chi connectivity index (χ0) is 15.0. The number of ether oxygens (including phenoxy) is 1. The van der Waals surface area contributed by atoms with E-state index in [0.717, 1.165) is 6.42 Å². The molecule has 0 radical (unpaired) electrons. The zero-order valence-electron chi connectivity index (χ0n) is 12.3. The molecule has 2 aliphatic heterocycles. The van der Waals surface area contributed by atoms with Gasteiger partial charge in [-0.05, 0) is 27.2 Å². The van der Waals surface area contributed by atoms with Gasteiger partial charge in [-0.25, -0.2) is 9.59 Å². The molecular weight excluding hydrogens is 262 g/mol. The van der Waals surface area contributed by atoms with Gasteiger partial charge in [0.15, 0.2) is 0 Å². The standard InChI is InChI=1S/C13H23N3O4/c1-12(2,3)20-11(19)16-6-4-13(9-16)8-15(10(17)18)7-5-14-13/h14H,4-9H2,1-3H3,(H,17,18). The van der Waals surface area contributed by atoms with Crippen LogP contribution in [0.5, 0.6) is 0 Å². The number of carbonyl (C=O) groups is 2. The van der Waals surface area contributed by atoms with Crippen molar-refractivity contribution in [3.63, 3.8) is 0 Å². The van der Waals surface area contributed by atoms with Gasteiger partial charge in [0.1, 0.15) is 5.60 Å². The highest BCUT2D eigenvalue weighted by Crippen LogP contribution is 2.26. The Morgan fingerprint density at radius 3 is 2.45 bits per heavy atom. The van der Waals surface area contributed by atoms with Crippen molar-refractivity contribution in [1.29, 1.82) is 0 Å². The lowest BCUT2D eigenvalue weighted by molar-refractivity contribution is 0.0269. The lowest BCUT2D eigenvalue weighted by Crippen LogP contribution is -2.62. The summed E-state index contributed by atoms with van der Waals surface area (Å²) >= 11 is 0. The van der Waals surface area contributed by atoms with E-state index < -0.39 is 11.7 Å². The van der Waals surface area contributed by atoms with E-state index in [1.165, 1.54) is 4.90 Å². The Balaban J connectivity index is 1.97. The van der Waals surface area contributed by atoms with Crippen molar-refractivity contribution in [3.05, 3.63) is 0 Å². The number of hydrogen-bond acceptors (Lipinski definition) is 4. The summed E-state index contributed by atoms with van der Waals surface area (Å²) in [5.74, 6) is 0. The van der Waals surface area contributed by atoms with E-state index in [1.807, 2.05) is 20.8 Å². The number of carboxylic acid groups (broad SMARTS) is 1. The number of piperazine rings is 1. The van der Waals surface area contributed by atoms with Crippen molar-refractivity contribution >= 4 is 12.2 Å². The molecule has 0 aromatic carbocycles. The van der Waals surface area contributed by atoms with Crippen molar-refractivity contribution in [3.8, 4) is 0 Å². The van der Waals surface area contributed by atoms with Crippen LogP contribution in [0.2, 0.25) is 0 Å². The van der Waals surface area contributed by atoms with Crippen LogP contribution in [0.25, 0.3) is 0 Å². The fourth-order valence-electron chi connectivity index (χ4n) is 2.75. The Bertz CT molecular complexity index is 407. The van der Waals surface area contributed by atoms with Crippen molar-refractivity contribution in [1.82, 2.24) is 15.1 Å². The van der Waals surface area contributed by atoms with Crippen LogP contribution in [-0.2, 0) is 4.74 Å². The van der Waals surface area contributed by atoms with Gasteiger partial charge in [-0.3, -0.25) is 0 Å². The Hall–Kier alpha value is -1.50. The van der Waals surface area contributed by atoms with Crippen LogP contribution in [0.4, 0.5) is 9.59 Å². The first-order chi connectivity index (χ1) is 9.21. The molecule has 2 fully saturated rings. The molecule has 20 heavy (non-hydrogen) atoms. The van der Waals surface area contributed by atoms with Gasteiger partial charge in [0.2, 0.25) is 0 Å². The summed E-state index contributed by atoms with van der Waals surface area (Å²) in [6.45, 7) is 8.12. The van der Waals surface area contributed by atoms with Crippen molar-refractivity contribution < 1.29 is 19.4 Å². The molecule has 0 bridgehead atoms. The Labute approximate surface area is 118 Å². The van der Waals surface area contributed by atoms with Crippen LogP contribution >= 0.6 is 0 Å². The molecule has 2 rings (SSSR count). The third-order valence-electron chi connectivity index (χ3n) is 3.65. The van der Waals surface area contributed by atoms with E-state index in [0.29, 0.717) is 32.7 Å². The van der Waals surface area contributed by atoms with Gasteiger partial charge < -0.3 is 25.0 Å². The largest absolute Gasteiger partial charge is 0.465 e. The monoisotopic (exact) mass is 285 g/mol. The first-order valence-electron chi connectivity index (χ1n) is 6.92. The summed E-state index contributed by atoms with van der Waals surface area (Å²) in [6.07, 6.45) is -0.485. The zero-order valence-corrected chi connectivity index (χ0v) is 12.3. The molecule has 0 aliphatic carbocycles. The molecule has 2 amide bonds. The van der Waals surface area contributed by atoms with E-state index in [2.05, 4.69) is 5.32 Å². The van der Waals surface area contributed by atoms with E-state index in [-0.39, 0.29) is 11.6 Å². The number of rotatable bonds is 0. The van der Waals surface area contributed by atoms with Gasteiger partial charge in [-0.15, -0.1) is 0 Å². The Kier molecular flexibility index (Phi) is 3.82. The quantitative estimate of drug-likeness (QED) is 0.692. The number of amides is 2. The number of carbonyl (C=O) groups excluding carboxylic acids is 1. The minimum Gasteiger partial charge on any atom is -0.465 e. The number of nitrogens with one attached hydrogen (secondary N) is 1. The third kappa shape index (κ3) is 3.33. The van der Waals surface area contributed by atoms with Crippen LogP contribution < -0.4 is 5.32 Å². The van der Waals surface area contributed by atoms with Crippen LogP contribution in [0.3, 0.4) is 0 Å². The minimum absolute atomic E-state index is 0.326. The molecule has 0 aromatic rings. The molecule has 2 aliphatic rings. The summed E-state index contributed by atoms with van der Waals surface area (Å²) in [6, 6.07) is 0. The SMILES string of the molecule is CC(C)(C)OC(=O)N1CCC2(CN(C(=O)O)CCN2)C1. The predicted molar refractivity (Wildman–Crippen MR) is 72.8 cm³/mol. The van der Waals surface area contributed by atoms with Crippen molar-refractivity contribution in [2.24, 2.45) is 0 Å². The highest BCUT2D eigenvalue weighted by atomic mass is 16.6. The number of nitrogens with zero attached hydrogens (tertiary/aromatic N) is 2. The molecule has 7 nitrogen and oxygen atoms in total. The lowest BCUT2D eigenvalue weighted by atomic mass is 9.96. The summed E-state index contributed by atoms with van der Waals surface area (Å²) in [5.41, 5.74) is -0.840. The second kappa shape index (κ2) is 5.12. The maximum atomic E-state index is 12.0. The topological polar surface area (TPSA) is 82.1 Å². The van der Waals surface area contributed by atoms with E-state index in [9.17, 15) is 9.59 Å². The molecule has 1 unspecified atom stereocenters. The minimum atomic E-state index is -0.901. The maximum Gasteiger partial charge on any atom is 0.410 e. The second-order valence-corrected chi connectivity index (χ2v) is 6.56. The van der Waals surface area contributed by atoms with Gasteiger partial charge in [-0.1, -0.05) is 0 Å². The summed E-state index contributed by atoms with van der Waals surface area (Å²) in [7, 11) is 0. The maximum absolute atomic E-state index is 12.0. The second-order valence-electron chi connectivity index (χ2n) is 6.56. The molecule has 2 N–H and O–H groups in total. The fourth-order valence-corrected chi connectivity index (χ4v) is 2.75. The third-order valence-corrected chi connectivity index (χ3v) is 3.65. The van der Waals surface area contributed by atoms with Crippen LogP contribution in [-0.4, -0.2) is 71.0 Å².